The van der Waals surface area contributed by atoms with Gasteiger partial charge in [0.05, 0.1) is 6.33 Å². The molecular weight excluding hydrogens is 242 g/mol. The summed E-state index contributed by atoms with van der Waals surface area (Å²) < 4.78 is 1.81. The van der Waals surface area contributed by atoms with Crippen molar-refractivity contribution in [3.63, 3.8) is 0 Å². The third-order valence-corrected chi connectivity index (χ3v) is 2.73. The molecule has 0 amide bonds. The molecule has 0 saturated heterocycles. The van der Waals surface area contributed by atoms with Crippen molar-refractivity contribution in [3.05, 3.63) is 36.7 Å². The van der Waals surface area contributed by atoms with E-state index in [4.69, 9.17) is 5.84 Å². The number of hydrazine groups is 1. The van der Waals surface area contributed by atoms with E-state index < -0.39 is 0 Å². The van der Waals surface area contributed by atoms with Crippen molar-refractivity contribution in [1.82, 2.24) is 19.5 Å². The van der Waals surface area contributed by atoms with Crippen LogP contribution in [0.4, 0.5) is 17.5 Å². The number of nitrogen functional groups attached to an aromatic ring is 1. The zero-order chi connectivity index (χ0) is 13.2. The molecule has 0 aliphatic rings. The fourth-order valence-electron chi connectivity index (χ4n) is 1.82. The first-order valence-electron chi connectivity index (χ1n) is 5.75. The molecule has 0 saturated carbocycles. The van der Waals surface area contributed by atoms with E-state index in [1.165, 1.54) is 0 Å². The number of para-hydroxylation sites is 1. The quantitative estimate of drug-likeness (QED) is 0.483. The number of rotatable bonds is 3. The second kappa shape index (κ2) is 4.54. The SMILES string of the molecule is Cn1cnc2c(Nc3ccccc3)nc(NN)nc21. The minimum absolute atomic E-state index is 0.342. The van der Waals surface area contributed by atoms with E-state index in [-0.39, 0.29) is 0 Å². The topological polar surface area (TPSA) is 93.7 Å². The van der Waals surface area contributed by atoms with Gasteiger partial charge in [0.2, 0.25) is 5.95 Å². The summed E-state index contributed by atoms with van der Waals surface area (Å²) in [5.41, 5.74) is 4.79. The Morgan fingerprint density at radius 2 is 1.95 bits per heavy atom. The first-order valence-corrected chi connectivity index (χ1v) is 5.75. The molecule has 2 aromatic heterocycles. The second-order valence-electron chi connectivity index (χ2n) is 4.06. The Morgan fingerprint density at radius 1 is 1.16 bits per heavy atom. The average Bonchev–Trinajstić information content (AvgIpc) is 2.82. The smallest absolute Gasteiger partial charge is 0.241 e. The molecule has 0 bridgehead atoms. The number of hydrogen-bond acceptors (Lipinski definition) is 6. The Bertz CT molecular complexity index is 705. The van der Waals surface area contributed by atoms with Gasteiger partial charge in [-0.05, 0) is 12.1 Å². The lowest BCUT2D eigenvalue weighted by molar-refractivity contribution is 0.928. The molecule has 0 fully saturated rings. The Labute approximate surface area is 109 Å². The van der Waals surface area contributed by atoms with Crippen LogP contribution in [0, 0.1) is 0 Å². The minimum atomic E-state index is 0.342. The zero-order valence-electron chi connectivity index (χ0n) is 10.3. The van der Waals surface area contributed by atoms with E-state index in [0.29, 0.717) is 22.9 Å². The lowest BCUT2D eigenvalue weighted by Gasteiger charge is -2.08. The van der Waals surface area contributed by atoms with Crippen molar-refractivity contribution in [2.24, 2.45) is 12.9 Å². The summed E-state index contributed by atoms with van der Waals surface area (Å²) >= 11 is 0. The Hall–Kier alpha value is -2.67. The number of nitrogens with two attached hydrogens (primary N) is 1. The van der Waals surface area contributed by atoms with Gasteiger partial charge in [0.25, 0.3) is 0 Å². The molecule has 96 valence electrons. The van der Waals surface area contributed by atoms with Crippen LogP contribution < -0.4 is 16.6 Å². The molecule has 3 aromatic rings. The molecule has 2 heterocycles. The number of imidazole rings is 1. The summed E-state index contributed by atoms with van der Waals surface area (Å²) in [7, 11) is 1.87. The van der Waals surface area contributed by atoms with Crippen molar-refractivity contribution >= 4 is 28.6 Å². The molecule has 4 N–H and O–H groups in total. The minimum Gasteiger partial charge on any atom is -0.338 e. The number of nitrogens with one attached hydrogen (secondary N) is 2. The van der Waals surface area contributed by atoms with Gasteiger partial charge in [0.1, 0.15) is 0 Å². The number of aryl methyl sites for hydroxylation is 1. The third-order valence-electron chi connectivity index (χ3n) is 2.73. The van der Waals surface area contributed by atoms with E-state index in [9.17, 15) is 0 Å². The fraction of sp³-hybridized carbons (Fsp3) is 0.0833. The molecule has 0 atom stereocenters. The highest BCUT2D eigenvalue weighted by Gasteiger charge is 2.11. The van der Waals surface area contributed by atoms with Gasteiger partial charge in [-0.15, -0.1) is 0 Å². The van der Waals surface area contributed by atoms with Crippen LogP contribution in [0.2, 0.25) is 0 Å². The molecule has 3 rings (SSSR count). The van der Waals surface area contributed by atoms with Gasteiger partial charge in [-0.25, -0.2) is 10.8 Å². The van der Waals surface area contributed by atoms with Gasteiger partial charge < -0.3 is 9.88 Å². The van der Waals surface area contributed by atoms with E-state index in [2.05, 4.69) is 25.7 Å². The molecule has 7 nitrogen and oxygen atoms in total. The number of nitrogens with zero attached hydrogens (tertiary/aromatic N) is 4. The summed E-state index contributed by atoms with van der Waals surface area (Å²) in [6, 6.07) is 9.75. The van der Waals surface area contributed by atoms with Crippen LogP contribution >= 0.6 is 0 Å². The predicted molar refractivity (Wildman–Crippen MR) is 73.8 cm³/mol. The zero-order valence-corrected chi connectivity index (χ0v) is 10.3. The van der Waals surface area contributed by atoms with Gasteiger partial charge in [-0.2, -0.15) is 9.97 Å². The normalized spacial score (nSPS) is 10.6. The largest absolute Gasteiger partial charge is 0.338 e. The summed E-state index contributed by atoms with van der Waals surface area (Å²) in [6.45, 7) is 0. The van der Waals surface area contributed by atoms with Gasteiger partial charge in [0.15, 0.2) is 17.0 Å². The molecule has 7 heteroatoms. The van der Waals surface area contributed by atoms with Crippen LogP contribution in [0.15, 0.2) is 36.7 Å². The van der Waals surface area contributed by atoms with Gasteiger partial charge in [-0.3, -0.25) is 5.43 Å². The number of anilines is 3. The predicted octanol–water partition coefficient (Wildman–Crippen LogP) is 1.39. The Kier molecular flexibility index (Phi) is 2.73. The number of hydrogen-bond donors (Lipinski definition) is 3. The van der Waals surface area contributed by atoms with E-state index in [1.807, 2.05) is 41.9 Å². The second-order valence-corrected chi connectivity index (χ2v) is 4.06. The van der Waals surface area contributed by atoms with Crippen LogP contribution in [0.3, 0.4) is 0 Å². The highest BCUT2D eigenvalue weighted by molar-refractivity contribution is 5.86. The van der Waals surface area contributed by atoms with Gasteiger partial charge in [-0.1, -0.05) is 18.2 Å². The number of benzene rings is 1. The van der Waals surface area contributed by atoms with E-state index >= 15 is 0 Å². The molecule has 19 heavy (non-hydrogen) atoms. The molecule has 0 unspecified atom stereocenters. The maximum atomic E-state index is 5.39. The number of fused-ring (bicyclic) bond motifs is 1. The molecule has 0 radical (unpaired) electrons. The van der Waals surface area contributed by atoms with Crippen molar-refractivity contribution in [2.45, 2.75) is 0 Å². The van der Waals surface area contributed by atoms with Crippen molar-refractivity contribution in [3.8, 4) is 0 Å². The Morgan fingerprint density at radius 3 is 2.68 bits per heavy atom. The summed E-state index contributed by atoms with van der Waals surface area (Å²) in [6.07, 6.45) is 1.69. The molecule has 0 aliphatic heterocycles. The lowest BCUT2D eigenvalue weighted by Crippen LogP contribution is -2.12. The monoisotopic (exact) mass is 255 g/mol. The van der Waals surface area contributed by atoms with Crippen LogP contribution in [-0.2, 0) is 7.05 Å². The number of aromatic nitrogens is 4. The highest BCUT2D eigenvalue weighted by atomic mass is 15.3. The van der Waals surface area contributed by atoms with Crippen LogP contribution in [-0.4, -0.2) is 19.5 Å². The molecule has 0 aliphatic carbocycles. The Balaban J connectivity index is 2.11. The molecule has 1 aromatic carbocycles. The summed E-state index contributed by atoms with van der Waals surface area (Å²) in [4.78, 5) is 12.9. The van der Waals surface area contributed by atoms with E-state index in [1.54, 1.807) is 6.33 Å². The fourth-order valence-corrected chi connectivity index (χ4v) is 1.82. The van der Waals surface area contributed by atoms with Crippen LogP contribution in [0.1, 0.15) is 0 Å². The van der Waals surface area contributed by atoms with E-state index in [0.717, 1.165) is 5.69 Å². The standard InChI is InChI=1S/C12H13N7/c1-19-7-14-9-10(15-8-5-3-2-4-6-8)16-12(18-13)17-11(9)19/h2-7H,13H2,1H3,(H2,15,16,17,18). The van der Waals surface area contributed by atoms with Crippen LogP contribution in [0.5, 0.6) is 0 Å². The van der Waals surface area contributed by atoms with Crippen molar-refractivity contribution in [1.29, 1.82) is 0 Å². The summed E-state index contributed by atoms with van der Waals surface area (Å²) in [5, 5.41) is 3.21. The lowest BCUT2D eigenvalue weighted by atomic mass is 10.3. The highest BCUT2D eigenvalue weighted by Crippen LogP contribution is 2.23. The molecule has 0 spiro atoms. The molecular formula is C12H13N7. The summed E-state index contributed by atoms with van der Waals surface area (Å²) in [5.74, 6) is 6.35. The first kappa shape index (κ1) is 11.4. The maximum absolute atomic E-state index is 5.39. The van der Waals surface area contributed by atoms with Crippen molar-refractivity contribution in [2.75, 3.05) is 10.7 Å². The van der Waals surface area contributed by atoms with Crippen molar-refractivity contribution < 1.29 is 0 Å². The van der Waals surface area contributed by atoms with Gasteiger partial charge >= 0.3 is 0 Å². The third kappa shape index (κ3) is 2.06. The van der Waals surface area contributed by atoms with Crippen LogP contribution in [0.25, 0.3) is 11.2 Å². The van der Waals surface area contributed by atoms with Gasteiger partial charge in [0, 0.05) is 12.7 Å². The maximum Gasteiger partial charge on any atom is 0.241 e. The average molecular weight is 255 g/mol. The first-order chi connectivity index (χ1) is 9.28.